The summed E-state index contributed by atoms with van der Waals surface area (Å²) < 4.78 is 13.3. The molecule has 0 aliphatic rings. The number of allylic oxidation sites excluding steroid dienone is 3. The van der Waals surface area contributed by atoms with Crippen molar-refractivity contribution in [3.8, 4) is 0 Å². The second-order valence-electron chi connectivity index (χ2n) is 15.3. The molecule has 0 aromatic heterocycles. The zero-order valence-electron chi connectivity index (χ0n) is 28.4. The fourth-order valence-electron chi connectivity index (χ4n) is 3.84. The van der Waals surface area contributed by atoms with E-state index in [9.17, 15) is 5.11 Å². The highest BCUT2D eigenvalue weighted by molar-refractivity contribution is 6.74. The van der Waals surface area contributed by atoms with Crippen molar-refractivity contribution in [1.82, 2.24) is 0 Å². The van der Waals surface area contributed by atoms with Crippen molar-refractivity contribution in [3.05, 3.63) is 88.5 Å². The fraction of sp³-hybridized carbons (Fsp3) is 0.556. The Bertz CT molecular complexity index is 1200. The first-order valence-electron chi connectivity index (χ1n) is 15.2. The van der Waals surface area contributed by atoms with Crippen LogP contribution >= 0.6 is 0 Å². The molecule has 2 rings (SSSR count). The Balaban J connectivity index is 2.25. The molecule has 0 atom stereocenters. The number of hydrogen-bond donors (Lipinski definition) is 1. The molecule has 2 aromatic rings. The lowest BCUT2D eigenvalue weighted by Crippen LogP contribution is -2.41. The van der Waals surface area contributed by atoms with E-state index < -0.39 is 22.2 Å². The summed E-state index contributed by atoms with van der Waals surface area (Å²) in [5, 5.41) is 10.3. The first-order chi connectivity index (χ1) is 18.6. The highest BCUT2D eigenvalue weighted by Crippen LogP contribution is 2.39. The lowest BCUT2D eigenvalue weighted by molar-refractivity contribution is 0.133. The molecule has 1 N–H and O–H groups in total. The lowest BCUT2D eigenvalue weighted by atomic mass is 9.97. The van der Waals surface area contributed by atoms with Crippen molar-refractivity contribution in [2.75, 3.05) is 0 Å². The third-order valence-electron chi connectivity index (χ3n) is 9.00. The summed E-state index contributed by atoms with van der Waals surface area (Å²) in [5.74, 6) is 0. The zero-order valence-corrected chi connectivity index (χ0v) is 30.4. The number of hydrogen-bond acceptors (Lipinski definition) is 3. The van der Waals surface area contributed by atoms with Gasteiger partial charge in [-0.3, -0.25) is 0 Å². The molecule has 0 unspecified atom stereocenters. The fourth-order valence-corrected chi connectivity index (χ4v) is 5.74. The molecule has 0 spiro atoms. The smallest absolute Gasteiger partial charge is 0.192 e. The van der Waals surface area contributed by atoms with Gasteiger partial charge in [0, 0.05) is 0 Å². The van der Waals surface area contributed by atoms with Gasteiger partial charge in [0.25, 0.3) is 0 Å². The first-order valence-corrected chi connectivity index (χ1v) is 21.0. The summed E-state index contributed by atoms with van der Waals surface area (Å²) in [4.78, 5) is 0. The largest absolute Gasteiger partial charge is 0.413 e. The number of aryl methyl sites for hydroxylation is 2. The summed E-state index contributed by atoms with van der Waals surface area (Å²) in [6, 6.07) is 15.7. The van der Waals surface area contributed by atoms with Gasteiger partial charge in [0.2, 0.25) is 0 Å². The van der Waals surface area contributed by atoms with Crippen LogP contribution in [0.1, 0.15) is 90.1 Å². The molecule has 0 fully saturated rings. The maximum Gasteiger partial charge on any atom is 0.192 e. The predicted octanol–water partition coefficient (Wildman–Crippen LogP) is 10.2. The summed E-state index contributed by atoms with van der Waals surface area (Å²) in [6.07, 6.45) is 7.76. The van der Waals surface area contributed by atoms with E-state index in [4.69, 9.17) is 8.85 Å². The molecule has 2 aromatic carbocycles. The Labute approximate surface area is 254 Å². The van der Waals surface area contributed by atoms with Crippen molar-refractivity contribution in [1.29, 1.82) is 0 Å². The molecule has 0 aliphatic carbocycles. The molecule has 5 heteroatoms. The second-order valence-corrected chi connectivity index (χ2v) is 24.9. The molecular formula is C36H58O3Si2. The van der Waals surface area contributed by atoms with Gasteiger partial charge in [-0.1, -0.05) is 102 Å². The third kappa shape index (κ3) is 11.1. The zero-order chi connectivity index (χ0) is 31.3. The van der Waals surface area contributed by atoms with E-state index in [1.54, 1.807) is 13.8 Å². The van der Waals surface area contributed by atoms with Crippen molar-refractivity contribution in [3.63, 3.8) is 0 Å². The summed E-state index contributed by atoms with van der Waals surface area (Å²) in [7, 11) is -3.74. The second kappa shape index (κ2) is 13.7. The van der Waals surface area contributed by atoms with Crippen LogP contribution in [0.25, 0.3) is 5.57 Å². The van der Waals surface area contributed by atoms with Gasteiger partial charge >= 0.3 is 0 Å². The van der Waals surface area contributed by atoms with E-state index in [0.717, 1.165) is 12.8 Å². The Morgan fingerprint density at radius 2 is 1.24 bits per heavy atom. The normalized spacial score (nSPS) is 14.2. The van der Waals surface area contributed by atoms with Crippen LogP contribution in [0, 0.1) is 0 Å². The summed E-state index contributed by atoms with van der Waals surface area (Å²) in [6.45, 7) is 30.0. The molecule has 0 saturated heterocycles. The topological polar surface area (TPSA) is 38.7 Å². The minimum Gasteiger partial charge on any atom is -0.413 e. The number of aliphatic hydroxyl groups is 1. The van der Waals surface area contributed by atoms with E-state index in [2.05, 4.69) is 123 Å². The highest BCUT2D eigenvalue weighted by atomic mass is 28.4. The van der Waals surface area contributed by atoms with E-state index in [1.165, 1.54) is 33.4 Å². The van der Waals surface area contributed by atoms with Gasteiger partial charge in [-0.05, 0) is 103 Å². The van der Waals surface area contributed by atoms with Crippen molar-refractivity contribution in [2.45, 2.75) is 130 Å². The molecule has 0 bridgehead atoms. The average molecular weight is 595 g/mol. The predicted molar refractivity (Wildman–Crippen MR) is 183 cm³/mol. The highest BCUT2D eigenvalue weighted by Gasteiger charge is 2.38. The maximum absolute atomic E-state index is 9.94. The molecule has 3 nitrogen and oxygen atoms in total. The van der Waals surface area contributed by atoms with Gasteiger partial charge in [-0.15, -0.1) is 0 Å². The molecule has 0 saturated carbocycles. The van der Waals surface area contributed by atoms with Crippen molar-refractivity contribution >= 4 is 22.2 Å². The van der Waals surface area contributed by atoms with Gasteiger partial charge in [0.05, 0.1) is 18.8 Å². The van der Waals surface area contributed by atoms with E-state index in [1.807, 2.05) is 12.2 Å². The molecule has 0 aliphatic heterocycles. The third-order valence-corrected chi connectivity index (χ3v) is 18.0. The molecule has 228 valence electrons. The molecule has 0 heterocycles. The minimum absolute atomic E-state index is 0.171. The maximum atomic E-state index is 9.94. The summed E-state index contributed by atoms with van der Waals surface area (Å²) in [5.41, 5.74) is 6.76. The van der Waals surface area contributed by atoms with Gasteiger partial charge < -0.3 is 14.0 Å². The standard InChI is InChI=1S/C36H58O3Si2/c1-28(16-15-23-36(8,9)37)31-18-14-17-29(24-31)19-20-30-21-22-32(26-38-40(10,11)34(2,3)4)33(25-30)27-39-41(12,13)35(5,6)7/h14-18,21-25,37H,19-20,26-27H2,1-13H3. The van der Waals surface area contributed by atoms with Crippen LogP contribution in [-0.4, -0.2) is 27.3 Å². The van der Waals surface area contributed by atoms with E-state index in [0.29, 0.717) is 13.2 Å². The van der Waals surface area contributed by atoms with Crippen LogP contribution in [0.2, 0.25) is 36.3 Å². The first kappa shape index (κ1) is 35.4. The quantitative estimate of drug-likeness (QED) is 0.196. The van der Waals surface area contributed by atoms with Crippen LogP contribution in [0.15, 0.2) is 60.7 Å². The molecule has 0 radical (unpaired) electrons. The van der Waals surface area contributed by atoms with Gasteiger partial charge in [0.1, 0.15) is 0 Å². The van der Waals surface area contributed by atoms with Crippen LogP contribution in [0.4, 0.5) is 0 Å². The minimum atomic E-state index is -1.88. The Kier molecular flexibility index (Phi) is 11.8. The molecular weight excluding hydrogens is 537 g/mol. The molecule has 41 heavy (non-hydrogen) atoms. The van der Waals surface area contributed by atoms with Gasteiger partial charge in [-0.2, -0.15) is 0 Å². The average Bonchev–Trinajstić information content (AvgIpc) is 2.83. The monoisotopic (exact) mass is 594 g/mol. The van der Waals surface area contributed by atoms with Crippen LogP contribution in [0.5, 0.6) is 0 Å². The van der Waals surface area contributed by atoms with E-state index >= 15 is 0 Å². The summed E-state index contributed by atoms with van der Waals surface area (Å²) >= 11 is 0. The van der Waals surface area contributed by atoms with Crippen molar-refractivity contribution in [2.24, 2.45) is 0 Å². The van der Waals surface area contributed by atoms with Crippen molar-refractivity contribution < 1.29 is 14.0 Å². The Morgan fingerprint density at radius 3 is 1.76 bits per heavy atom. The van der Waals surface area contributed by atoms with Crippen LogP contribution in [0.3, 0.4) is 0 Å². The van der Waals surface area contributed by atoms with E-state index in [-0.39, 0.29) is 10.1 Å². The van der Waals surface area contributed by atoms with Crippen LogP contribution < -0.4 is 0 Å². The number of rotatable bonds is 12. The van der Waals surface area contributed by atoms with Gasteiger partial charge in [-0.25, -0.2) is 0 Å². The van der Waals surface area contributed by atoms with Gasteiger partial charge in [0.15, 0.2) is 16.6 Å². The lowest BCUT2D eigenvalue weighted by Gasteiger charge is -2.37. The Hall–Kier alpha value is -1.77. The molecule has 0 amide bonds. The van der Waals surface area contributed by atoms with Crippen LogP contribution in [-0.2, 0) is 34.9 Å². The number of benzene rings is 2. The Morgan fingerprint density at radius 1 is 0.732 bits per heavy atom. The SMILES string of the molecule is CC(=CC=CC(C)(C)O)c1cccc(CCc2ccc(CO[Si](C)(C)C(C)(C)C)c(CO[Si](C)(C)C(C)(C)C)c2)c1.